The standard InChI is InChI=1S/C14H13F2NO2S/c15-10-5-7-11(8-6-10)20(18,19)14(9-17)12-3-1-2-4-13(12)16/h1-8,14H,9,17H2/p+1/t14-/m0/s1. The molecule has 2 aromatic carbocycles. The first-order valence-corrected chi connectivity index (χ1v) is 7.54. The predicted octanol–water partition coefficient (Wildman–Crippen LogP) is 1.72. The monoisotopic (exact) mass is 298 g/mol. The van der Waals surface area contributed by atoms with Crippen LogP contribution in [0.4, 0.5) is 8.78 Å². The summed E-state index contributed by atoms with van der Waals surface area (Å²) in [5.74, 6) is -1.12. The zero-order valence-corrected chi connectivity index (χ0v) is 11.4. The highest BCUT2D eigenvalue weighted by molar-refractivity contribution is 7.91. The first kappa shape index (κ1) is 14.6. The summed E-state index contributed by atoms with van der Waals surface area (Å²) in [6, 6.07) is 10.2. The molecule has 0 bridgehead atoms. The lowest BCUT2D eigenvalue weighted by Gasteiger charge is -2.15. The van der Waals surface area contributed by atoms with Crippen molar-refractivity contribution in [2.24, 2.45) is 0 Å². The Kier molecular flexibility index (Phi) is 4.15. The van der Waals surface area contributed by atoms with Crippen molar-refractivity contribution in [2.45, 2.75) is 10.1 Å². The van der Waals surface area contributed by atoms with Gasteiger partial charge in [0.25, 0.3) is 0 Å². The second-order valence-corrected chi connectivity index (χ2v) is 6.43. The van der Waals surface area contributed by atoms with Gasteiger partial charge in [0.2, 0.25) is 0 Å². The average Bonchev–Trinajstić information content (AvgIpc) is 2.42. The van der Waals surface area contributed by atoms with Gasteiger partial charge in [-0.15, -0.1) is 0 Å². The minimum atomic E-state index is -3.81. The van der Waals surface area contributed by atoms with Crippen molar-refractivity contribution < 1.29 is 22.9 Å². The summed E-state index contributed by atoms with van der Waals surface area (Å²) < 4.78 is 51.7. The summed E-state index contributed by atoms with van der Waals surface area (Å²) in [5, 5.41) is -1.09. The lowest BCUT2D eigenvalue weighted by molar-refractivity contribution is -0.367. The van der Waals surface area contributed by atoms with Gasteiger partial charge in [-0.25, -0.2) is 17.2 Å². The third-order valence-corrected chi connectivity index (χ3v) is 5.20. The molecule has 2 aromatic rings. The number of halogens is 2. The molecule has 1 atom stereocenters. The molecule has 2 rings (SSSR count). The maximum atomic E-state index is 13.8. The molecule has 3 nitrogen and oxygen atoms in total. The van der Waals surface area contributed by atoms with Gasteiger partial charge in [0.15, 0.2) is 9.84 Å². The molecule has 3 N–H and O–H groups in total. The van der Waals surface area contributed by atoms with Crippen molar-refractivity contribution >= 4 is 9.84 Å². The van der Waals surface area contributed by atoms with E-state index in [1.54, 1.807) is 6.07 Å². The Labute approximate surface area is 116 Å². The number of rotatable bonds is 4. The first-order chi connectivity index (χ1) is 9.46. The Balaban J connectivity index is 2.51. The molecule has 6 heteroatoms. The minimum absolute atomic E-state index is 0.0133. The van der Waals surface area contributed by atoms with E-state index in [0.29, 0.717) is 0 Å². The Hall–Kier alpha value is -1.79. The fourth-order valence-corrected chi connectivity index (χ4v) is 3.68. The SMILES string of the molecule is [NH3+]C[C@@H](c1ccccc1F)S(=O)(=O)c1ccc(F)cc1. The van der Waals surface area contributed by atoms with Gasteiger partial charge in [-0.2, -0.15) is 0 Å². The van der Waals surface area contributed by atoms with E-state index in [1.165, 1.54) is 30.3 Å². The third-order valence-electron chi connectivity index (χ3n) is 3.03. The summed E-state index contributed by atoms with van der Waals surface area (Å²) >= 11 is 0. The molecular formula is C14H14F2NO2S+. The molecule has 0 saturated carbocycles. The van der Waals surface area contributed by atoms with Crippen LogP contribution >= 0.6 is 0 Å². The van der Waals surface area contributed by atoms with E-state index >= 15 is 0 Å². The van der Waals surface area contributed by atoms with Gasteiger partial charge in [-0.05, 0) is 30.3 Å². The van der Waals surface area contributed by atoms with E-state index in [0.717, 1.165) is 12.1 Å². The van der Waals surface area contributed by atoms with Crippen molar-refractivity contribution in [3.63, 3.8) is 0 Å². The fourth-order valence-electron chi connectivity index (χ4n) is 2.00. The summed E-state index contributed by atoms with van der Waals surface area (Å²) in [4.78, 5) is -0.0456. The highest BCUT2D eigenvalue weighted by atomic mass is 32.2. The van der Waals surface area contributed by atoms with Crippen LogP contribution in [0, 0.1) is 11.6 Å². The van der Waals surface area contributed by atoms with Crippen molar-refractivity contribution in [1.82, 2.24) is 0 Å². The van der Waals surface area contributed by atoms with Crippen molar-refractivity contribution in [3.05, 3.63) is 65.7 Å². The van der Waals surface area contributed by atoms with E-state index in [1.807, 2.05) is 0 Å². The van der Waals surface area contributed by atoms with Crippen LogP contribution in [0.3, 0.4) is 0 Å². The summed E-state index contributed by atoms with van der Waals surface area (Å²) in [5.41, 5.74) is 3.67. The molecule has 0 heterocycles. The van der Waals surface area contributed by atoms with E-state index in [-0.39, 0.29) is 17.0 Å². The number of benzene rings is 2. The largest absolute Gasteiger partial charge is 0.356 e. The van der Waals surface area contributed by atoms with Gasteiger partial charge in [0, 0.05) is 5.56 Å². The molecule has 0 radical (unpaired) electrons. The Bertz CT molecular complexity index is 699. The summed E-state index contributed by atoms with van der Waals surface area (Å²) in [6.07, 6.45) is 0. The van der Waals surface area contributed by atoms with Gasteiger partial charge >= 0.3 is 0 Å². The van der Waals surface area contributed by atoms with Crippen LogP contribution in [-0.2, 0) is 9.84 Å². The van der Waals surface area contributed by atoms with Crippen LogP contribution < -0.4 is 5.73 Å². The van der Waals surface area contributed by atoms with Crippen molar-refractivity contribution in [1.29, 1.82) is 0 Å². The molecule has 0 amide bonds. The molecule has 0 aliphatic carbocycles. The summed E-state index contributed by atoms with van der Waals surface area (Å²) in [6.45, 7) is -0.0133. The fraction of sp³-hybridized carbons (Fsp3) is 0.143. The van der Waals surface area contributed by atoms with Crippen LogP contribution in [0.2, 0.25) is 0 Å². The first-order valence-electron chi connectivity index (χ1n) is 6.00. The topological polar surface area (TPSA) is 61.8 Å². The van der Waals surface area contributed by atoms with Gasteiger partial charge in [0.05, 0.1) is 11.4 Å². The quantitative estimate of drug-likeness (QED) is 0.874. The molecule has 0 aromatic heterocycles. The molecule has 0 unspecified atom stereocenters. The zero-order valence-electron chi connectivity index (χ0n) is 10.6. The Morgan fingerprint density at radius 1 is 1.00 bits per heavy atom. The van der Waals surface area contributed by atoms with E-state index < -0.39 is 26.7 Å². The van der Waals surface area contributed by atoms with Gasteiger partial charge in [0.1, 0.15) is 16.9 Å². The van der Waals surface area contributed by atoms with Gasteiger partial charge in [-0.3, -0.25) is 0 Å². The van der Waals surface area contributed by atoms with E-state index in [2.05, 4.69) is 5.73 Å². The molecule has 0 saturated heterocycles. The number of hydrogen-bond acceptors (Lipinski definition) is 2. The molecule has 20 heavy (non-hydrogen) atoms. The highest BCUT2D eigenvalue weighted by Gasteiger charge is 2.31. The van der Waals surface area contributed by atoms with Crippen LogP contribution in [0.5, 0.6) is 0 Å². The molecule has 0 fully saturated rings. The van der Waals surface area contributed by atoms with Crippen LogP contribution in [-0.4, -0.2) is 15.0 Å². The zero-order chi connectivity index (χ0) is 14.8. The number of sulfone groups is 1. The normalized spacial score (nSPS) is 13.2. The second kappa shape index (κ2) is 5.68. The summed E-state index contributed by atoms with van der Waals surface area (Å²) in [7, 11) is -3.81. The van der Waals surface area contributed by atoms with Crippen molar-refractivity contribution in [3.8, 4) is 0 Å². The van der Waals surface area contributed by atoms with Crippen molar-refractivity contribution in [2.75, 3.05) is 6.54 Å². The Morgan fingerprint density at radius 3 is 2.15 bits per heavy atom. The molecule has 106 valence electrons. The molecular weight excluding hydrogens is 284 g/mol. The second-order valence-electron chi connectivity index (χ2n) is 4.30. The van der Waals surface area contributed by atoms with Gasteiger partial charge < -0.3 is 5.73 Å². The van der Waals surface area contributed by atoms with Crippen LogP contribution in [0.15, 0.2) is 53.4 Å². The smallest absolute Gasteiger partial charge is 0.191 e. The number of quaternary nitrogens is 1. The van der Waals surface area contributed by atoms with Crippen LogP contribution in [0.1, 0.15) is 10.8 Å². The average molecular weight is 298 g/mol. The molecule has 0 aliphatic rings. The van der Waals surface area contributed by atoms with E-state index in [4.69, 9.17) is 0 Å². The van der Waals surface area contributed by atoms with Crippen LogP contribution in [0.25, 0.3) is 0 Å². The Morgan fingerprint density at radius 2 is 1.60 bits per heavy atom. The highest BCUT2D eigenvalue weighted by Crippen LogP contribution is 2.29. The van der Waals surface area contributed by atoms with Gasteiger partial charge in [-0.1, -0.05) is 18.2 Å². The van der Waals surface area contributed by atoms with E-state index in [9.17, 15) is 17.2 Å². The lowest BCUT2D eigenvalue weighted by Crippen LogP contribution is -2.54. The predicted molar refractivity (Wildman–Crippen MR) is 70.5 cm³/mol. The third kappa shape index (κ3) is 2.71. The molecule has 0 spiro atoms. The minimum Gasteiger partial charge on any atom is -0.356 e. The maximum absolute atomic E-state index is 13.8. The maximum Gasteiger partial charge on any atom is 0.191 e. The number of hydrogen-bond donors (Lipinski definition) is 1. The lowest BCUT2D eigenvalue weighted by atomic mass is 10.1. The molecule has 0 aliphatic heterocycles.